The number of hydrogen-bond acceptors (Lipinski definition) is 5. The van der Waals surface area contributed by atoms with E-state index in [1.54, 1.807) is 19.1 Å². The topological polar surface area (TPSA) is 83.6 Å². The summed E-state index contributed by atoms with van der Waals surface area (Å²) < 4.78 is 25.4. The van der Waals surface area contributed by atoms with Gasteiger partial charge in [-0.15, -0.1) is 11.8 Å². The summed E-state index contributed by atoms with van der Waals surface area (Å²) in [5.41, 5.74) is 6.18. The van der Waals surface area contributed by atoms with E-state index < -0.39 is 16.1 Å². The van der Waals surface area contributed by atoms with Crippen molar-refractivity contribution in [2.45, 2.75) is 35.0 Å². The molecule has 0 fully saturated rings. The van der Waals surface area contributed by atoms with Crippen LogP contribution in [0.2, 0.25) is 0 Å². The van der Waals surface area contributed by atoms with Gasteiger partial charge >= 0.3 is 0 Å². The third kappa shape index (κ3) is 3.62. The molecule has 0 radical (unpaired) electrons. The minimum atomic E-state index is -3.55. The van der Waals surface area contributed by atoms with Crippen LogP contribution in [0.4, 0.5) is 5.69 Å². The molecule has 5 nitrogen and oxygen atoms in total. The molecule has 0 heterocycles. The van der Waals surface area contributed by atoms with Crippen molar-refractivity contribution in [2.75, 3.05) is 19.8 Å². The lowest BCUT2D eigenvalue weighted by Crippen LogP contribution is -2.23. The van der Waals surface area contributed by atoms with Crippen molar-refractivity contribution >= 4 is 27.5 Å². The summed E-state index contributed by atoms with van der Waals surface area (Å²) in [6, 6.07) is 4.90. The van der Waals surface area contributed by atoms with Gasteiger partial charge in [-0.1, -0.05) is 13.0 Å². The average Bonchev–Trinajstić information content (AvgIpc) is 2.31. The van der Waals surface area contributed by atoms with Gasteiger partial charge in [-0.25, -0.2) is 12.7 Å². The number of rotatable bonds is 5. The molecule has 19 heavy (non-hydrogen) atoms. The van der Waals surface area contributed by atoms with Crippen molar-refractivity contribution in [3.05, 3.63) is 18.2 Å². The fraction of sp³-hybridized carbons (Fsp3) is 0.500. The highest BCUT2D eigenvalue weighted by Crippen LogP contribution is 2.34. The maximum absolute atomic E-state index is 12.1. The van der Waals surface area contributed by atoms with Crippen LogP contribution in [0, 0.1) is 0 Å². The molecule has 3 N–H and O–H groups in total. The van der Waals surface area contributed by atoms with Gasteiger partial charge in [0.1, 0.15) is 4.90 Å². The Morgan fingerprint density at radius 2 is 1.89 bits per heavy atom. The van der Waals surface area contributed by atoms with Gasteiger partial charge in [0.2, 0.25) is 10.0 Å². The smallest absolute Gasteiger partial charge is 0.244 e. The largest absolute Gasteiger partial charge is 0.397 e. The van der Waals surface area contributed by atoms with Gasteiger partial charge in [0.05, 0.1) is 11.8 Å². The number of benzene rings is 1. The fourth-order valence-electron chi connectivity index (χ4n) is 1.35. The minimum absolute atomic E-state index is 0.0698. The molecule has 0 saturated heterocycles. The number of sulfonamides is 1. The fourth-order valence-corrected chi connectivity index (χ4v) is 3.43. The van der Waals surface area contributed by atoms with Gasteiger partial charge in [0.25, 0.3) is 0 Å². The number of aliphatic hydroxyl groups is 1. The molecule has 0 saturated carbocycles. The normalized spacial score (nSPS) is 15.5. The van der Waals surface area contributed by atoms with E-state index >= 15 is 0 Å². The summed E-state index contributed by atoms with van der Waals surface area (Å²) in [6.07, 6.45) is -0.501. The lowest BCUT2D eigenvalue weighted by Gasteiger charge is -2.18. The second kappa shape index (κ2) is 6.13. The van der Waals surface area contributed by atoms with E-state index in [1.807, 2.05) is 6.92 Å². The first kappa shape index (κ1) is 16.3. The van der Waals surface area contributed by atoms with E-state index in [9.17, 15) is 13.5 Å². The van der Waals surface area contributed by atoms with Gasteiger partial charge in [-0.2, -0.15) is 0 Å². The third-order valence-electron chi connectivity index (χ3n) is 2.78. The Kier molecular flexibility index (Phi) is 5.26. The predicted octanol–water partition coefficient (Wildman–Crippen LogP) is 1.38. The number of nitrogens with two attached hydrogens (primary N) is 1. The van der Waals surface area contributed by atoms with Crippen molar-refractivity contribution in [3.63, 3.8) is 0 Å². The zero-order valence-corrected chi connectivity index (χ0v) is 13.1. The van der Waals surface area contributed by atoms with Crippen molar-refractivity contribution < 1.29 is 13.5 Å². The van der Waals surface area contributed by atoms with E-state index in [0.717, 1.165) is 4.31 Å². The van der Waals surface area contributed by atoms with Crippen molar-refractivity contribution in [2.24, 2.45) is 0 Å². The SMILES string of the molecule is CC(O)C(C)Sc1cccc(S(=O)(=O)N(C)C)c1N. The Labute approximate surface area is 118 Å². The van der Waals surface area contributed by atoms with Gasteiger partial charge in [-0.05, 0) is 19.1 Å². The number of thioether (sulfide) groups is 1. The molecule has 1 aromatic carbocycles. The second-order valence-electron chi connectivity index (χ2n) is 4.52. The van der Waals surface area contributed by atoms with Crippen molar-refractivity contribution in [1.29, 1.82) is 0 Å². The van der Waals surface area contributed by atoms with E-state index in [4.69, 9.17) is 5.73 Å². The highest BCUT2D eigenvalue weighted by atomic mass is 32.2. The molecule has 1 rings (SSSR count). The van der Waals surface area contributed by atoms with Crippen molar-refractivity contribution in [1.82, 2.24) is 4.31 Å². The molecular formula is C12H20N2O3S2. The predicted molar refractivity (Wildman–Crippen MR) is 78.7 cm³/mol. The van der Waals surface area contributed by atoms with Crippen LogP contribution >= 0.6 is 11.8 Å². The Morgan fingerprint density at radius 3 is 2.37 bits per heavy atom. The van der Waals surface area contributed by atoms with Crippen LogP contribution in [0.5, 0.6) is 0 Å². The number of para-hydroxylation sites is 1. The first-order valence-corrected chi connectivity index (χ1v) is 8.15. The standard InChI is InChI=1S/C12H20N2O3S2/c1-8(15)9(2)18-10-6-5-7-11(12(10)13)19(16,17)14(3)4/h5-9,15H,13H2,1-4H3. The molecule has 2 atom stereocenters. The molecule has 0 bridgehead atoms. The Morgan fingerprint density at radius 1 is 1.32 bits per heavy atom. The van der Waals surface area contributed by atoms with Crippen LogP contribution in [-0.4, -0.2) is 43.3 Å². The molecule has 0 aliphatic heterocycles. The number of nitrogens with zero attached hydrogens (tertiary/aromatic N) is 1. The van der Waals surface area contributed by atoms with E-state index in [0.29, 0.717) is 4.90 Å². The number of aliphatic hydroxyl groups excluding tert-OH is 1. The molecular weight excluding hydrogens is 284 g/mol. The molecule has 108 valence electrons. The van der Waals surface area contributed by atoms with E-state index in [2.05, 4.69) is 0 Å². The first-order valence-electron chi connectivity index (χ1n) is 5.83. The Balaban J connectivity index is 3.20. The minimum Gasteiger partial charge on any atom is -0.397 e. The molecule has 1 aromatic rings. The highest BCUT2D eigenvalue weighted by molar-refractivity contribution is 8.00. The molecule has 0 aliphatic rings. The summed E-state index contributed by atoms with van der Waals surface area (Å²) in [5.74, 6) is 0. The molecule has 0 amide bonds. The quantitative estimate of drug-likeness (QED) is 0.634. The van der Waals surface area contributed by atoms with Crippen molar-refractivity contribution in [3.8, 4) is 0 Å². The van der Waals surface area contributed by atoms with Crippen LogP contribution in [0.1, 0.15) is 13.8 Å². The van der Waals surface area contributed by atoms with Gasteiger partial charge in [-0.3, -0.25) is 0 Å². The van der Waals surface area contributed by atoms with Crippen LogP contribution < -0.4 is 5.73 Å². The summed E-state index contributed by atoms with van der Waals surface area (Å²) in [4.78, 5) is 0.761. The van der Waals surface area contributed by atoms with Gasteiger partial charge in [0.15, 0.2) is 0 Å². The number of hydrogen-bond donors (Lipinski definition) is 2. The van der Waals surface area contributed by atoms with Gasteiger partial charge in [0, 0.05) is 24.2 Å². The number of anilines is 1. The van der Waals surface area contributed by atoms with E-state index in [-0.39, 0.29) is 15.8 Å². The molecule has 7 heteroatoms. The van der Waals surface area contributed by atoms with E-state index in [1.165, 1.54) is 31.9 Å². The third-order valence-corrected chi connectivity index (χ3v) is 6.03. The van der Waals surface area contributed by atoms with Gasteiger partial charge < -0.3 is 10.8 Å². The maximum atomic E-state index is 12.1. The average molecular weight is 304 g/mol. The van der Waals surface area contributed by atoms with Crippen LogP contribution in [0.3, 0.4) is 0 Å². The zero-order chi connectivity index (χ0) is 14.8. The monoisotopic (exact) mass is 304 g/mol. The van der Waals surface area contributed by atoms with Crippen LogP contribution in [0.25, 0.3) is 0 Å². The first-order chi connectivity index (χ1) is 8.67. The number of nitrogen functional groups attached to an aromatic ring is 1. The maximum Gasteiger partial charge on any atom is 0.244 e. The second-order valence-corrected chi connectivity index (χ2v) is 8.06. The lowest BCUT2D eigenvalue weighted by molar-refractivity contribution is 0.196. The Hall–Kier alpha value is -0.760. The zero-order valence-electron chi connectivity index (χ0n) is 11.5. The molecule has 0 aliphatic carbocycles. The summed E-state index contributed by atoms with van der Waals surface area (Å²) in [6.45, 7) is 3.55. The summed E-state index contributed by atoms with van der Waals surface area (Å²) in [7, 11) is -0.623. The molecule has 0 aromatic heterocycles. The highest BCUT2D eigenvalue weighted by Gasteiger charge is 2.22. The summed E-state index contributed by atoms with van der Waals surface area (Å²) in [5, 5.41) is 9.43. The van der Waals surface area contributed by atoms with Crippen LogP contribution in [0.15, 0.2) is 28.0 Å². The Bertz CT molecular complexity index is 542. The molecule has 2 unspecified atom stereocenters. The summed E-state index contributed by atoms with van der Waals surface area (Å²) >= 11 is 1.36. The lowest BCUT2D eigenvalue weighted by atomic mass is 10.3. The molecule has 0 spiro atoms. The van der Waals surface area contributed by atoms with Crippen LogP contribution in [-0.2, 0) is 10.0 Å².